The molecule has 10 heteroatoms. The summed E-state index contributed by atoms with van der Waals surface area (Å²) in [6.45, 7) is -0.606. The molecule has 0 bridgehead atoms. The van der Waals surface area contributed by atoms with Gasteiger partial charge in [0.15, 0.2) is 0 Å². The van der Waals surface area contributed by atoms with Crippen molar-refractivity contribution in [3.63, 3.8) is 0 Å². The molecular formula is C14H17ClFNO6S. The second-order valence-electron chi connectivity index (χ2n) is 5.80. The number of nitrogens with zero attached hydrogens (tertiary/aromatic N) is 1. The third-order valence-electron chi connectivity index (χ3n) is 3.63. The number of carbonyl (C=O) groups is 1. The second-order valence-corrected chi connectivity index (χ2v) is 8.35. The summed E-state index contributed by atoms with van der Waals surface area (Å²) in [5.41, 5.74) is -1.89. The van der Waals surface area contributed by atoms with E-state index >= 15 is 0 Å². The summed E-state index contributed by atoms with van der Waals surface area (Å²) < 4.78 is 42.7. The molecule has 2 N–H and O–H groups in total. The van der Waals surface area contributed by atoms with E-state index in [2.05, 4.69) is 0 Å². The smallest absolute Gasteiger partial charge is 0.407 e. The van der Waals surface area contributed by atoms with Crippen molar-refractivity contribution >= 4 is 27.5 Å². The minimum Gasteiger partial charge on any atom is -0.465 e. The summed E-state index contributed by atoms with van der Waals surface area (Å²) in [5.74, 6) is -1.49. The predicted octanol–water partition coefficient (Wildman–Crippen LogP) is 1.31. The van der Waals surface area contributed by atoms with Crippen molar-refractivity contribution in [1.82, 2.24) is 4.90 Å². The van der Waals surface area contributed by atoms with Crippen LogP contribution in [0.3, 0.4) is 0 Å². The van der Waals surface area contributed by atoms with Gasteiger partial charge in [-0.25, -0.2) is 17.6 Å². The van der Waals surface area contributed by atoms with Gasteiger partial charge in [0, 0.05) is 12.8 Å². The van der Waals surface area contributed by atoms with Crippen LogP contribution in [0.5, 0.6) is 0 Å². The molecule has 1 aliphatic rings. The molecule has 2 unspecified atom stereocenters. The molecule has 0 aromatic heterocycles. The van der Waals surface area contributed by atoms with Crippen molar-refractivity contribution in [2.75, 3.05) is 31.7 Å². The first-order valence-electron chi connectivity index (χ1n) is 6.96. The molecule has 1 aromatic carbocycles. The maximum absolute atomic E-state index is 13.7. The van der Waals surface area contributed by atoms with Gasteiger partial charge in [0.1, 0.15) is 27.4 Å². The van der Waals surface area contributed by atoms with Crippen molar-refractivity contribution in [2.24, 2.45) is 0 Å². The highest BCUT2D eigenvalue weighted by atomic mass is 35.5. The first-order valence-corrected chi connectivity index (χ1v) is 9.40. The lowest BCUT2D eigenvalue weighted by Gasteiger charge is -2.35. The van der Waals surface area contributed by atoms with Crippen molar-refractivity contribution < 1.29 is 32.6 Å². The van der Waals surface area contributed by atoms with Gasteiger partial charge < -0.3 is 19.8 Å². The van der Waals surface area contributed by atoms with Crippen molar-refractivity contribution in [1.29, 1.82) is 0 Å². The fourth-order valence-electron chi connectivity index (χ4n) is 2.75. The number of benzene rings is 1. The average Bonchev–Trinajstić information content (AvgIpc) is 2.59. The minimum atomic E-state index is -3.68. The van der Waals surface area contributed by atoms with Crippen LogP contribution < -0.4 is 0 Å². The summed E-state index contributed by atoms with van der Waals surface area (Å²) in [6.07, 6.45) is -1.61. The maximum atomic E-state index is 13.7. The van der Waals surface area contributed by atoms with E-state index in [1.54, 1.807) is 0 Å². The normalized spacial score (nSPS) is 25.3. The van der Waals surface area contributed by atoms with E-state index in [9.17, 15) is 22.7 Å². The van der Waals surface area contributed by atoms with E-state index in [1.807, 2.05) is 0 Å². The molecule has 0 spiro atoms. The molecule has 1 aliphatic heterocycles. The van der Waals surface area contributed by atoms with Crippen LogP contribution in [0.1, 0.15) is 11.7 Å². The molecule has 0 radical (unpaired) electrons. The fraction of sp³-hybridized carbons (Fsp3) is 0.500. The quantitative estimate of drug-likeness (QED) is 0.818. The Morgan fingerprint density at radius 3 is 2.75 bits per heavy atom. The van der Waals surface area contributed by atoms with Gasteiger partial charge in [0.05, 0.1) is 23.9 Å². The largest absolute Gasteiger partial charge is 0.465 e. The van der Waals surface area contributed by atoms with Crippen molar-refractivity contribution in [3.05, 3.63) is 34.6 Å². The third kappa shape index (κ3) is 4.35. The number of β-amino-alcohol motifs (C(OH)–C–C–N with tert-alkyl or cyclic N) is 1. The monoisotopic (exact) mass is 381 g/mol. The molecule has 2 atom stereocenters. The van der Waals surface area contributed by atoms with E-state index in [4.69, 9.17) is 21.4 Å². The van der Waals surface area contributed by atoms with E-state index in [1.165, 1.54) is 12.1 Å². The summed E-state index contributed by atoms with van der Waals surface area (Å²) >= 11 is 5.63. The van der Waals surface area contributed by atoms with E-state index in [0.29, 0.717) is 0 Å². The predicted molar refractivity (Wildman–Crippen MR) is 84.4 cm³/mol. The van der Waals surface area contributed by atoms with Crippen LogP contribution in [0.25, 0.3) is 0 Å². The molecule has 1 saturated heterocycles. The topological polar surface area (TPSA) is 104 Å². The molecule has 1 fully saturated rings. The number of hydrogen-bond acceptors (Lipinski definition) is 5. The standard InChI is InChI=1S/C14H17ClFNO6S/c1-24(21,22)8-14(20)7-17(13(18)19)4-5-23-12(14)9-2-3-10(15)11(16)6-9/h2-3,6,12,20H,4-5,7-8H2,1H3,(H,18,19). The Hall–Kier alpha value is -1.42. The maximum Gasteiger partial charge on any atom is 0.407 e. The molecule has 24 heavy (non-hydrogen) atoms. The highest BCUT2D eigenvalue weighted by Gasteiger charge is 2.46. The number of rotatable bonds is 3. The molecule has 1 aromatic rings. The van der Waals surface area contributed by atoms with Gasteiger partial charge in [-0.05, 0) is 17.7 Å². The van der Waals surface area contributed by atoms with Crippen LogP contribution in [0.15, 0.2) is 18.2 Å². The summed E-state index contributed by atoms with van der Waals surface area (Å²) in [4.78, 5) is 12.1. The van der Waals surface area contributed by atoms with Crippen LogP contribution in [0.2, 0.25) is 5.02 Å². The number of halogens is 2. The third-order valence-corrected chi connectivity index (χ3v) is 4.96. The Balaban J connectivity index is 2.48. The molecule has 1 amide bonds. The van der Waals surface area contributed by atoms with Crippen molar-refractivity contribution in [3.8, 4) is 0 Å². The lowest BCUT2D eigenvalue weighted by molar-refractivity contribution is -0.0850. The minimum absolute atomic E-state index is 0.0476. The number of sulfone groups is 1. The highest BCUT2D eigenvalue weighted by molar-refractivity contribution is 7.90. The number of ether oxygens (including phenoxy) is 1. The van der Waals surface area contributed by atoms with Gasteiger partial charge in [-0.2, -0.15) is 0 Å². The summed E-state index contributed by atoms with van der Waals surface area (Å²) in [5, 5.41) is 19.9. The zero-order chi connectivity index (χ0) is 18.1. The van der Waals surface area contributed by atoms with Gasteiger partial charge in [0.2, 0.25) is 0 Å². The van der Waals surface area contributed by atoms with Crippen LogP contribution in [0, 0.1) is 5.82 Å². The molecule has 2 rings (SSSR count). The molecular weight excluding hydrogens is 365 g/mol. The molecule has 0 saturated carbocycles. The van der Waals surface area contributed by atoms with Crippen LogP contribution in [-0.4, -0.2) is 66.9 Å². The molecule has 7 nitrogen and oxygen atoms in total. The second kappa shape index (κ2) is 6.83. The van der Waals surface area contributed by atoms with Crippen LogP contribution in [0.4, 0.5) is 9.18 Å². The number of aliphatic hydroxyl groups is 1. The molecule has 1 heterocycles. The molecule has 0 aliphatic carbocycles. The first-order chi connectivity index (χ1) is 11.0. The number of carboxylic acid groups (broad SMARTS) is 1. The Morgan fingerprint density at radius 2 is 2.21 bits per heavy atom. The first kappa shape index (κ1) is 18.9. The number of hydrogen-bond donors (Lipinski definition) is 2. The van der Waals surface area contributed by atoms with Crippen molar-refractivity contribution in [2.45, 2.75) is 11.7 Å². The Bertz CT molecular complexity index is 743. The zero-order valence-corrected chi connectivity index (χ0v) is 14.3. The summed E-state index contributed by atoms with van der Waals surface area (Å²) in [7, 11) is -3.68. The number of amides is 1. The van der Waals surface area contributed by atoms with Gasteiger partial charge in [-0.3, -0.25) is 0 Å². The van der Waals surface area contributed by atoms with Gasteiger partial charge in [-0.15, -0.1) is 0 Å². The average molecular weight is 382 g/mol. The lowest BCUT2D eigenvalue weighted by Crippen LogP contribution is -2.51. The molecule has 134 valence electrons. The Labute approximate surface area is 143 Å². The van der Waals surface area contributed by atoms with E-state index in [0.717, 1.165) is 17.2 Å². The van der Waals surface area contributed by atoms with Crippen LogP contribution in [-0.2, 0) is 14.6 Å². The summed E-state index contributed by atoms with van der Waals surface area (Å²) in [6, 6.07) is 3.70. The van der Waals surface area contributed by atoms with Gasteiger partial charge in [-0.1, -0.05) is 17.7 Å². The van der Waals surface area contributed by atoms with Gasteiger partial charge >= 0.3 is 6.09 Å². The lowest BCUT2D eigenvalue weighted by atomic mass is 9.92. The highest BCUT2D eigenvalue weighted by Crippen LogP contribution is 2.35. The fourth-order valence-corrected chi connectivity index (χ4v) is 4.02. The Kier molecular flexibility index (Phi) is 5.38. The zero-order valence-electron chi connectivity index (χ0n) is 12.8. The van der Waals surface area contributed by atoms with E-state index in [-0.39, 0.29) is 23.7 Å². The SMILES string of the molecule is CS(=O)(=O)CC1(O)CN(C(=O)O)CCOC1c1ccc(Cl)c(F)c1. The van der Waals surface area contributed by atoms with Gasteiger partial charge in [0.25, 0.3) is 0 Å². The van der Waals surface area contributed by atoms with Crippen LogP contribution >= 0.6 is 11.6 Å². The Morgan fingerprint density at radius 1 is 1.54 bits per heavy atom. The van der Waals surface area contributed by atoms with E-state index < -0.39 is 45.8 Å².